The summed E-state index contributed by atoms with van der Waals surface area (Å²) in [6.45, 7) is 3.66. The Balaban J connectivity index is 1.21. The highest BCUT2D eigenvalue weighted by atomic mass is 16.5. The summed E-state index contributed by atoms with van der Waals surface area (Å²) in [4.78, 5) is 26.0. The van der Waals surface area contributed by atoms with Crippen LogP contribution >= 0.6 is 0 Å². The number of primary amides is 1. The van der Waals surface area contributed by atoms with Crippen molar-refractivity contribution in [2.45, 2.75) is 19.4 Å². The van der Waals surface area contributed by atoms with Crippen molar-refractivity contribution in [3.63, 3.8) is 0 Å². The molecule has 0 unspecified atom stereocenters. The van der Waals surface area contributed by atoms with Gasteiger partial charge in [0, 0.05) is 37.3 Å². The Bertz CT molecular complexity index is 1080. The fourth-order valence-corrected chi connectivity index (χ4v) is 3.85. The van der Waals surface area contributed by atoms with Gasteiger partial charge in [0.1, 0.15) is 11.5 Å². The first-order chi connectivity index (χ1) is 15.6. The molecular formula is C26H27N3O3. The van der Waals surface area contributed by atoms with Gasteiger partial charge in [0.25, 0.3) is 5.91 Å². The van der Waals surface area contributed by atoms with Crippen molar-refractivity contribution in [1.29, 1.82) is 0 Å². The van der Waals surface area contributed by atoms with Crippen LogP contribution in [0.3, 0.4) is 0 Å². The Hall–Kier alpha value is -3.64. The van der Waals surface area contributed by atoms with Crippen molar-refractivity contribution < 1.29 is 14.3 Å². The van der Waals surface area contributed by atoms with Gasteiger partial charge in [-0.05, 0) is 72.5 Å². The Kier molecular flexibility index (Phi) is 6.82. The van der Waals surface area contributed by atoms with Gasteiger partial charge >= 0.3 is 0 Å². The molecule has 0 atom stereocenters. The van der Waals surface area contributed by atoms with E-state index in [0.717, 1.165) is 32.5 Å². The minimum Gasteiger partial charge on any atom is -0.457 e. The molecule has 6 nitrogen and oxygen atoms in total. The quantitative estimate of drug-likeness (QED) is 0.534. The Morgan fingerprint density at radius 2 is 1.50 bits per heavy atom. The Morgan fingerprint density at radius 1 is 0.875 bits per heavy atom. The molecule has 0 aromatic heterocycles. The number of hydrogen-bond donors (Lipinski definition) is 2. The molecule has 164 valence electrons. The van der Waals surface area contributed by atoms with E-state index in [2.05, 4.69) is 34.5 Å². The molecule has 0 spiro atoms. The van der Waals surface area contributed by atoms with Crippen molar-refractivity contribution in [2.75, 3.05) is 19.6 Å². The molecule has 32 heavy (non-hydrogen) atoms. The molecule has 2 amide bonds. The summed E-state index contributed by atoms with van der Waals surface area (Å²) in [7, 11) is 0. The summed E-state index contributed by atoms with van der Waals surface area (Å²) < 4.78 is 5.75. The van der Waals surface area contributed by atoms with Crippen LogP contribution in [-0.4, -0.2) is 36.3 Å². The molecule has 1 aliphatic rings. The molecule has 1 heterocycles. The predicted octanol–water partition coefficient (Wildman–Crippen LogP) is 3.76. The second-order valence-electron chi connectivity index (χ2n) is 7.92. The van der Waals surface area contributed by atoms with Crippen LogP contribution in [0.2, 0.25) is 0 Å². The summed E-state index contributed by atoms with van der Waals surface area (Å²) in [6, 6.07) is 22.2. The molecule has 1 aliphatic heterocycles. The van der Waals surface area contributed by atoms with E-state index in [1.165, 1.54) is 11.1 Å². The third-order valence-corrected chi connectivity index (χ3v) is 5.64. The molecule has 0 fully saturated rings. The van der Waals surface area contributed by atoms with Crippen LogP contribution in [0.1, 0.15) is 38.3 Å². The number of amides is 2. The van der Waals surface area contributed by atoms with Crippen LogP contribution < -0.4 is 15.8 Å². The van der Waals surface area contributed by atoms with Gasteiger partial charge in [-0.25, -0.2) is 0 Å². The number of carbonyl (C=O) groups is 2. The van der Waals surface area contributed by atoms with Gasteiger partial charge in [-0.1, -0.05) is 24.3 Å². The van der Waals surface area contributed by atoms with Crippen molar-refractivity contribution in [2.24, 2.45) is 5.73 Å². The number of nitrogens with one attached hydrogen (secondary N) is 1. The normalized spacial score (nSPS) is 13.2. The first kappa shape index (κ1) is 21.6. The van der Waals surface area contributed by atoms with Crippen LogP contribution in [0, 0.1) is 0 Å². The lowest BCUT2D eigenvalue weighted by atomic mass is 10.00. The van der Waals surface area contributed by atoms with E-state index in [0.29, 0.717) is 29.2 Å². The molecule has 6 heteroatoms. The monoisotopic (exact) mass is 429 g/mol. The zero-order valence-corrected chi connectivity index (χ0v) is 17.9. The van der Waals surface area contributed by atoms with E-state index in [-0.39, 0.29) is 5.91 Å². The van der Waals surface area contributed by atoms with Gasteiger partial charge in [0.2, 0.25) is 5.91 Å². The third-order valence-electron chi connectivity index (χ3n) is 5.64. The molecule has 0 bridgehead atoms. The van der Waals surface area contributed by atoms with Gasteiger partial charge in [0.05, 0.1) is 0 Å². The number of fused-ring (bicyclic) bond motifs is 1. The molecule has 0 saturated carbocycles. The zero-order chi connectivity index (χ0) is 22.3. The number of rotatable bonds is 8. The summed E-state index contributed by atoms with van der Waals surface area (Å²) in [6.07, 6.45) is 2.00. The lowest BCUT2D eigenvalue weighted by Gasteiger charge is -2.28. The molecular weight excluding hydrogens is 402 g/mol. The molecule has 3 aromatic rings. The van der Waals surface area contributed by atoms with E-state index >= 15 is 0 Å². The van der Waals surface area contributed by atoms with Crippen molar-refractivity contribution in [3.8, 4) is 11.5 Å². The van der Waals surface area contributed by atoms with Crippen LogP contribution in [0.25, 0.3) is 0 Å². The highest BCUT2D eigenvalue weighted by Gasteiger charge is 2.15. The van der Waals surface area contributed by atoms with E-state index in [1.54, 1.807) is 48.5 Å². The largest absolute Gasteiger partial charge is 0.457 e. The van der Waals surface area contributed by atoms with E-state index in [9.17, 15) is 9.59 Å². The number of hydrogen-bond acceptors (Lipinski definition) is 4. The summed E-state index contributed by atoms with van der Waals surface area (Å²) >= 11 is 0. The minimum atomic E-state index is -0.479. The molecule has 4 rings (SSSR count). The van der Waals surface area contributed by atoms with Crippen LogP contribution in [0.5, 0.6) is 11.5 Å². The summed E-state index contributed by atoms with van der Waals surface area (Å²) in [5.74, 6) is 0.630. The average Bonchev–Trinajstić information content (AvgIpc) is 2.82. The topological polar surface area (TPSA) is 84.7 Å². The molecule has 0 aliphatic carbocycles. The SMILES string of the molecule is NC(=O)c1ccc(Oc2ccc(C(=O)NCCCN3CCc4ccccc4C3)cc2)cc1. The lowest BCUT2D eigenvalue weighted by molar-refractivity contribution is 0.0950. The van der Waals surface area contributed by atoms with Crippen molar-refractivity contribution >= 4 is 11.8 Å². The zero-order valence-electron chi connectivity index (χ0n) is 17.9. The first-order valence-corrected chi connectivity index (χ1v) is 10.8. The predicted molar refractivity (Wildman–Crippen MR) is 124 cm³/mol. The number of nitrogens with two attached hydrogens (primary N) is 1. The smallest absolute Gasteiger partial charge is 0.251 e. The molecule has 3 aromatic carbocycles. The number of benzene rings is 3. The standard InChI is InChI=1S/C26H27N3O3/c27-25(30)20-6-10-23(11-7-20)32-24-12-8-21(9-13-24)26(31)28-15-3-16-29-17-14-19-4-1-2-5-22(19)18-29/h1-2,4-13H,3,14-18H2,(H2,27,30)(H,28,31). The summed E-state index contributed by atoms with van der Waals surface area (Å²) in [5.41, 5.74) is 9.12. The van der Waals surface area contributed by atoms with Crippen LogP contribution in [0.4, 0.5) is 0 Å². The molecule has 0 saturated heterocycles. The van der Waals surface area contributed by atoms with Crippen LogP contribution in [0.15, 0.2) is 72.8 Å². The van der Waals surface area contributed by atoms with Crippen molar-refractivity contribution in [1.82, 2.24) is 10.2 Å². The number of ether oxygens (including phenoxy) is 1. The van der Waals surface area contributed by atoms with Crippen LogP contribution in [-0.2, 0) is 13.0 Å². The lowest BCUT2D eigenvalue weighted by Crippen LogP contribution is -2.33. The highest BCUT2D eigenvalue weighted by molar-refractivity contribution is 5.94. The maximum atomic E-state index is 12.4. The maximum absolute atomic E-state index is 12.4. The van der Waals surface area contributed by atoms with E-state index in [1.807, 2.05) is 0 Å². The molecule has 0 radical (unpaired) electrons. The third kappa shape index (κ3) is 5.53. The first-order valence-electron chi connectivity index (χ1n) is 10.8. The Labute approximate surface area is 188 Å². The van der Waals surface area contributed by atoms with E-state index < -0.39 is 5.91 Å². The summed E-state index contributed by atoms with van der Waals surface area (Å²) in [5, 5.41) is 2.99. The Morgan fingerprint density at radius 3 is 2.16 bits per heavy atom. The van der Waals surface area contributed by atoms with E-state index in [4.69, 9.17) is 10.5 Å². The number of nitrogens with zero attached hydrogens (tertiary/aromatic N) is 1. The minimum absolute atomic E-state index is 0.0913. The van der Waals surface area contributed by atoms with Gasteiger partial charge in [-0.15, -0.1) is 0 Å². The fraction of sp³-hybridized carbons (Fsp3) is 0.231. The van der Waals surface area contributed by atoms with Gasteiger partial charge < -0.3 is 15.8 Å². The number of carbonyl (C=O) groups excluding carboxylic acids is 2. The fourth-order valence-electron chi connectivity index (χ4n) is 3.85. The average molecular weight is 430 g/mol. The highest BCUT2D eigenvalue weighted by Crippen LogP contribution is 2.22. The maximum Gasteiger partial charge on any atom is 0.251 e. The second-order valence-corrected chi connectivity index (χ2v) is 7.92. The molecule has 3 N–H and O–H groups in total. The van der Waals surface area contributed by atoms with Gasteiger partial charge in [-0.3, -0.25) is 14.5 Å². The second kappa shape index (κ2) is 10.1. The van der Waals surface area contributed by atoms with Gasteiger partial charge in [0.15, 0.2) is 0 Å². The van der Waals surface area contributed by atoms with Gasteiger partial charge in [-0.2, -0.15) is 0 Å². The van der Waals surface area contributed by atoms with Crippen molar-refractivity contribution in [3.05, 3.63) is 95.1 Å².